The number of hydrogen-bond acceptors (Lipinski definition) is 3. The number of anilines is 1. The molecule has 0 radical (unpaired) electrons. The smallest absolute Gasteiger partial charge is 0.404 e. The van der Waals surface area contributed by atoms with E-state index in [2.05, 4.69) is 9.72 Å². The van der Waals surface area contributed by atoms with E-state index in [1.807, 2.05) is 0 Å². The topological polar surface area (TPSA) is 48.1 Å². The van der Waals surface area contributed by atoms with Crippen LogP contribution in [0.4, 0.5) is 23.4 Å². The van der Waals surface area contributed by atoms with Crippen LogP contribution in [0.1, 0.15) is 5.56 Å². The fraction of sp³-hybridized carbons (Fsp3) is 0.286. The van der Waals surface area contributed by atoms with Crippen LogP contribution in [0.15, 0.2) is 12.3 Å². The molecule has 0 fully saturated rings. The molecule has 0 saturated carbocycles. The molecule has 0 bridgehead atoms. The van der Waals surface area contributed by atoms with E-state index in [-0.39, 0.29) is 11.4 Å². The van der Waals surface area contributed by atoms with E-state index in [0.717, 1.165) is 12.3 Å². The Morgan fingerprint density at radius 2 is 2.07 bits per heavy atom. The van der Waals surface area contributed by atoms with Gasteiger partial charge in [0.15, 0.2) is 5.75 Å². The summed E-state index contributed by atoms with van der Waals surface area (Å²) in [6, 6.07) is 0.987. The SMILES string of the molecule is Nc1cc(CF)c(OC(F)(F)F)cn1. The van der Waals surface area contributed by atoms with Crippen molar-refractivity contribution in [3.63, 3.8) is 0 Å². The van der Waals surface area contributed by atoms with Crippen LogP contribution in [-0.2, 0) is 6.67 Å². The molecule has 14 heavy (non-hydrogen) atoms. The summed E-state index contributed by atoms with van der Waals surface area (Å²) in [5, 5.41) is 0. The molecule has 0 unspecified atom stereocenters. The zero-order valence-electron chi connectivity index (χ0n) is 6.81. The summed E-state index contributed by atoms with van der Waals surface area (Å²) in [5.74, 6) is -0.735. The van der Waals surface area contributed by atoms with Gasteiger partial charge in [-0.1, -0.05) is 0 Å². The van der Waals surface area contributed by atoms with Gasteiger partial charge in [-0.2, -0.15) is 0 Å². The number of halogens is 4. The summed E-state index contributed by atoms with van der Waals surface area (Å²) < 4.78 is 51.0. The molecular formula is C7H6F4N2O. The van der Waals surface area contributed by atoms with Gasteiger partial charge >= 0.3 is 6.36 Å². The minimum absolute atomic E-state index is 0.0628. The van der Waals surface area contributed by atoms with Crippen LogP contribution in [0.2, 0.25) is 0 Å². The highest BCUT2D eigenvalue weighted by atomic mass is 19.4. The molecule has 0 spiro atoms. The van der Waals surface area contributed by atoms with Crippen molar-refractivity contribution in [1.82, 2.24) is 4.98 Å². The number of nitrogen functional groups attached to an aromatic ring is 1. The Balaban J connectivity index is 2.97. The summed E-state index contributed by atoms with van der Waals surface area (Å²) in [5.41, 5.74) is 4.87. The maximum absolute atomic E-state index is 12.2. The quantitative estimate of drug-likeness (QED) is 0.759. The normalized spacial score (nSPS) is 11.4. The third kappa shape index (κ3) is 2.75. The fourth-order valence-corrected chi connectivity index (χ4v) is 0.824. The predicted molar refractivity (Wildman–Crippen MR) is 40.1 cm³/mol. The monoisotopic (exact) mass is 210 g/mol. The van der Waals surface area contributed by atoms with E-state index in [9.17, 15) is 17.6 Å². The highest BCUT2D eigenvalue weighted by Crippen LogP contribution is 2.27. The number of hydrogen-bond donors (Lipinski definition) is 1. The average Bonchev–Trinajstić information content (AvgIpc) is 2.06. The molecule has 0 atom stereocenters. The largest absolute Gasteiger partial charge is 0.573 e. The molecule has 3 nitrogen and oxygen atoms in total. The van der Waals surface area contributed by atoms with Crippen molar-refractivity contribution < 1.29 is 22.3 Å². The van der Waals surface area contributed by atoms with E-state index >= 15 is 0 Å². The van der Waals surface area contributed by atoms with Crippen molar-refractivity contribution in [2.24, 2.45) is 0 Å². The number of nitrogens with two attached hydrogens (primary N) is 1. The first kappa shape index (κ1) is 10.6. The first-order valence-corrected chi connectivity index (χ1v) is 3.48. The molecular weight excluding hydrogens is 204 g/mol. The molecule has 2 N–H and O–H groups in total. The molecule has 0 aliphatic rings. The van der Waals surface area contributed by atoms with E-state index in [1.54, 1.807) is 0 Å². The summed E-state index contributed by atoms with van der Waals surface area (Å²) in [6.07, 6.45) is -4.13. The maximum Gasteiger partial charge on any atom is 0.573 e. The molecule has 1 aromatic rings. The van der Waals surface area contributed by atoms with Gasteiger partial charge < -0.3 is 10.5 Å². The van der Waals surface area contributed by atoms with Gasteiger partial charge in [0.1, 0.15) is 12.5 Å². The van der Waals surface area contributed by atoms with Crippen LogP contribution in [-0.4, -0.2) is 11.3 Å². The average molecular weight is 210 g/mol. The molecule has 0 amide bonds. The van der Waals surface area contributed by atoms with Crippen LogP contribution in [0.5, 0.6) is 5.75 Å². The Labute approximate surface area is 76.5 Å². The fourth-order valence-electron chi connectivity index (χ4n) is 0.824. The Kier molecular flexibility index (Phi) is 2.78. The molecule has 0 saturated heterocycles. The third-order valence-electron chi connectivity index (χ3n) is 1.34. The Bertz CT molecular complexity index is 326. The van der Waals surface area contributed by atoms with Gasteiger partial charge in [-0.05, 0) is 6.07 Å². The lowest BCUT2D eigenvalue weighted by atomic mass is 10.2. The van der Waals surface area contributed by atoms with Crippen LogP contribution in [0.25, 0.3) is 0 Å². The second kappa shape index (κ2) is 3.69. The minimum atomic E-state index is -4.86. The number of nitrogens with zero attached hydrogens (tertiary/aromatic N) is 1. The van der Waals surface area contributed by atoms with E-state index < -0.39 is 18.8 Å². The van der Waals surface area contributed by atoms with Crippen LogP contribution >= 0.6 is 0 Å². The van der Waals surface area contributed by atoms with Crippen molar-refractivity contribution >= 4 is 5.82 Å². The van der Waals surface area contributed by atoms with Gasteiger partial charge in [0, 0.05) is 5.56 Å². The van der Waals surface area contributed by atoms with Crippen LogP contribution in [0, 0.1) is 0 Å². The number of aromatic nitrogens is 1. The Hall–Kier alpha value is -1.53. The van der Waals surface area contributed by atoms with E-state index in [0.29, 0.717) is 0 Å². The summed E-state index contributed by atoms with van der Waals surface area (Å²) in [6.45, 7) is -1.10. The van der Waals surface area contributed by atoms with Crippen molar-refractivity contribution in [2.45, 2.75) is 13.0 Å². The minimum Gasteiger partial charge on any atom is -0.404 e. The second-order valence-electron chi connectivity index (χ2n) is 2.40. The van der Waals surface area contributed by atoms with Gasteiger partial charge in [-0.25, -0.2) is 9.37 Å². The van der Waals surface area contributed by atoms with E-state index in [4.69, 9.17) is 5.73 Å². The lowest BCUT2D eigenvalue weighted by Gasteiger charge is -2.11. The highest BCUT2D eigenvalue weighted by Gasteiger charge is 2.32. The van der Waals surface area contributed by atoms with Crippen molar-refractivity contribution in [1.29, 1.82) is 0 Å². The standard InChI is InChI=1S/C7H6F4N2O/c8-2-4-1-6(12)13-3-5(4)14-7(9,10)11/h1,3H,2H2,(H2,12,13). The summed E-state index contributed by atoms with van der Waals surface area (Å²) in [4.78, 5) is 3.36. The molecule has 0 aromatic carbocycles. The van der Waals surface area contributed by atoms with Crippen molar-refractivity contribution in [2.75, 3.05) is 5.73 Å². The molecule has 0 aliphatic heterocycles. The maximum atomic E-state index is 12.2. The number of rotatable bonds is 2. The highest BCUT2D eigenvalue weighted by molar-refractivity contribution is 5.40. The molecule has 78 valence electrons. The number of ether oxygens (including phenoxy) is 1. The van der Waals surface area contributed by atoms with Crippen molar-refractivity contribution in [3.8, 4) is 5.75 Å². The number of alkyl halides is 4. The van der Waals surface area contributed by atoms with Gasteiger partial charge in [0.05, 0.1) is 6.20 Å². The van der Waals surface area contributed by atoms with Crippen molar-refractivity contribution in [3.05, 3.63) is 17.8 Å². The zero-order chi connectivity index (χ0) is 10.8. The van der Waals surface area contributed by atoms with Crippen LogP contribution < -0.4 is 10.5 Å². The molecule has 1 aromatic heterocycles. The summed E-state index contributed by atoms with van der Waals surface area (Å²) >= 11 is 0. The second-order valence-corrected chi connectivity index (χ2v) is 2.40. The Morgan fingerprint density at radius 1 is 1.43 bits per heavy atom. The zero-order valence-corrected chi connectivity index (χ0v) is 6.81. The van der Waals surface area contributed by atoms with Gasteiger partial charge in [-0.15, -0.1) is 13.2 Å². The predicted octanol–water partition coefficient (Wildman–Crippen LogP) is 2.03. The molecule has 1 heterocycles. The van der Waals surface area contributed by atoms with Gasteiger partial charge in [0.25, 0.3) is 0 Å². The first-order valence-electron chi connectivity index (χ1n) is 3.48. The lowest BCUT2D eigenvalue weighted by molar-refractivity contribution is -0.275. The summed E-state index contributed by atoms with van der Waals surface area (Å²) in [7, 11) is 0. The van der Waals surface area contributed by atoms with Gasteiger partial charge in [0.2, 0.25) is 0 Å². The molecule has 1 rings (SSSR count). The van der Waals surface area contributed by atoms with Crippen LogP contribution in [0.3, 0.4) is 0 Å². The first-order chi connectivity index (χ1) is 6.42. The molecule has 0 aliphatic carbocycles. The Morgan fingerprint density at radius 3 is 2.57 bits per heavy atom. The number of pyridine rings is 1. The van der Waals surface area contributed by atoms with E-state index in [1.165, 1.54) is 0 Å². The van der Waals surface area contributed by atoms with Gasteiger partial charge in [-0.3, -0.25) is 0 Å². The third-order valence-corrected chi connectivity index (χ3v) is 1.34. The molecule has 7 heteroatoms. The lowest BCUT2D eigenvalue weighted by Crippen LogP contribution is -2.18.